The van der Waals surface area contributed by atoms with Gasteiger partial charge in [0.05, 0.1) is 0 Å². The van der Waals surface area contributed by atoms with E-state index in [1.54, 1.807) is 0 Å². The van der Waals surface area contributed by atoms with Crippen LogP contribution in [0.3, 0.4) is 0 Å². The molecule has 3 nitrogen and oxygen atoms in total. The van der Waals surface area contributed by atoms with Gasteiger partial charge in [-0.3, -0.25) is 0 Å². The summed E-state index contributed by atoms with van der Waals surface area (Å²) in [5.41, 5.74) is 2.96. The summed E-state index contributed by atoms with van der Waals surface area (Å²) in [6.07, 6.45) is 4.07. The number of aryl methyl sites for hydroxylation is 1. The molecule has 0 spiro atoms. The molecule has 0 atom stereocenters. The SMILES string of the molecule is Cc1cccc(NCCN(C)CC2(N(C)C)CCC2)c1. The van der Waals surface area contributed by atoms with Crippen molar-refractivity contribution in [1.29, 1.82) is 0 Å². The van der Waals surface area contributed by atoms with Crippen molar-refractivity contribution in [3.8, 4) is 0 Å². The van der Waals surface area contributed by atoms with Gasteiger partial charge in [-0.05, 0) is 65.0 Å². The number of nitrogens with zero attached hydrogens (tertiary/aromatic N) is 2. The normalized spacial score (nSPS) is 17.3. The van der Waals surface area contributed by atoms with Crippen LogP contribution in [0.15, 0.2) is 24.3 Å². The summed E-state index contributed by atoms with van der Waals surface area (Å²) >= 11 is 0. The second-order valence-corrected chi connectivity index (χ2v) is 6.51. The maximum atomic E-state index is 3.51. The number of nitrogens with one attached hydrogen (secondary N) is 1. The van der Waals surface area contributed by atoms with E-state index in [0.717, 1.165) is 13.1 Å². The Bertz CT molecular complexity index is 424. The zero-order chi connectivity index (χ0) is 14.6. The van der Waals surface area contributed by atoms with Gasteiger partial charge in [0.1, 0.15) is 0 Å². The minimum absolute atomic E-state index is 0.429. The van der Waals surface area contributed by atoms with Crippen LogP contribution in [0.1, 0.15) is 24.8 Å². The number of hydrogen-bond donors (Lipinski definition) is 1. The van der Waals surface area contributed by atoms with E-state index in [1.165, 1.54) is 37.1 Å². The van der Waals surface area contributed by atoms with E-state index in [1.807, 2.05) is 0 Å². The monoisotopic (exact) mass is 275 g/mol. The molecule has 112 valence electrons. The van der Waals surface area contributed by atoms with Gasteiger partial charge in [0, 0.05) is 30.9 Å². The average Bonchev–Trinajstić information content (AvgIpc) is 2.33. The fourth-order valence-corrected chi connectivity index (χ4v) is 3.06. The van der Waals surface area contributed by atoms with Crippen LogP contribution in [-0.2, 0) is 0 Å². The molecule has 1 N–H and O–H groups in total. The third-order valence-electron chi connectivity index (χ3n) is 4.64. The molecule has 1 aromatic carbocycles. The topological polar surface area (TPSA) is 18.5 Å². The van der Waals surface area contributed by atoms with Crippen molar-refractivity contribution in [2.75, 3.05) is 46.1 Å². The van der Waals surface area contributed by atoms with Crippen molar-refractivity contribution in [3.05, 3.63) is 29.8 Å². The van der Waals surface area contributed by atoms with Gasteiger partial charge in [-0.15, -0.1) is 0 Å². The molecule has 1 fully saturated rings. The summed E-state index contributed by atoms with van der Waals surface area (Å²) in [6.45, 7) is 5.40. The molecule has 0 heterocycles. The Morgan fingerprint density at radius 1 is 1.20 bits per heavy atom. The summed E-state index contributed by atoms with van der Waals surface area (Å²) < 4.78 is 0. The van der Waals surface area contributed by atoms with Crippen LogP contribution in [0.5, 0.6) is 0 Å². The second kappa shape index (κ2) is 6.59. The van der Waals surface area contributed by atoms with E-state index in [0.29, 0.717) is 5.54 Å². The Hall–Kier alpha value is -1.06. The Morgan fingerprint density at radius 3 is 2.50 bits per heavy atom. The van der Waals surface area contributed by atoms with E-state index in [-0.39, 0.29) is 0 Å². The molecule has 0 unspecified atom stereocenters. The maximum absolute atomic E-state index is 3.51. The molecule has 0 saturated heterocycles. The average molecular weight is 275 g/mol. The summed E-state index contributed by atoms with van der Waals surface area (Å²) in [7, 11) is 6.68. The number of hydrogen-bond acceptors (Lipinski definition) is 3. The molecule has 1 aromatic rings. The standard InChI is InChI=1S/C17H29N3/c1-15-7-5-8-16(13-15)18-11-12-20(4)14-17(19(2)3)9-6-10-17/h5,7-8,13,18H,6,9-12,14H2,1-4H3. The smallest absolute Gasteiger partial charge is 0.0343 e. The van der Waals surface area contributed by atoms with Crippen molar-refractivity contribution >= 4 is 5.69 Å². The Morgan fingerprint density at radius 2 is 1.95 bits per heavy atom. The lowest BCUT2D eigenvalue weighted by Crippen LogP contribution is -2.57. The maximum Gasteiger partial charge on any atom is 0.0343 e. The van der Waals surface area contributed by atoms with Gasteiger partial charge in [-0.25, -0.2) is 0 Å². The van der Waals surface area contributed by atoms with E-state index < -0.39 is 0 Å². The highest BCUT2D eigenvalue weighted by Gasteiger charge is 2.39. The van der Waals surface area contributed by atoms with Crippen LogP contribution in [-0.4, -0.2) is 56.1 Å². The highest BCUT2D eigenvalue weighted by Crippen LogP contribution is 2.36. The second-order valence-electron chi connectivity index (χ2n) is 6.51. The van der Waals surface area contributed by atoms with Crippen LogP contribution in [0.2, 0.25) is 0 Å². The Labute approximate surface area is 124 Å². The van der Waals surface area contributed by atoms with Crippen molar-refractivity contribution in [2.45, 2.75) is 31.7 Å². The zero-order valence-electron chi connectivity index (χ0n) is 13.4. The quantitative estimate of drug-likeness (QED) is 0.825. The largest absolute Gasteiger partial charge is 0.384 e. The first kappa shape index (κ1) is 15.3. The molecule has 2 rings (SSSR count). The molecule has 0 radical (unpaired) electrons. The highest BCUT2D eigenvalue weighted by atomic mass is 15.2. The van der Waals surface area contributed by atoms with Crippen LogP contribution in [0.25, 0.3) is 0 Å². The van der Waals surface area contributed by atoms with Crippen LogP contribution in [0, 0.1) is 6.92 Å². The summed E-state index contributed by atoms with van der Waals surface area (Å²) in [5, 5.41) is 3.51. The molecular weight excluding hydrogens is 246 g/mol. The summed E-state index contributed by atoms with van der Waals surface area (Å²) in [5.74, 6) is 0. The molecule has 20 heavy (non-hydrogen) atoms. The van der Waals surface area contributed by atoms with Crippen molar-refractivity contribution in [2.24, 2.45) is 0 Å². The molecule has 1 saturated carbocycles. The molecule has 3 heteroatoms. The predicted molar refractivity (Wildman–Crippen MR) is 87.4 cm³/mol. The number of benzene rings is 1. The summed E-state index contributed by atoms with van der Waals surface area (Å²) in [6, 6.07) is 8.58. The Kier molecular flexibility index (Phi) is 5.06. The van der Waals surface area contributed by atoms with Gasteiger partial charge < -0.3 is 15.1 Å². The first-order chi connectivity index (χ1) is 9.52. The first-order valence-electron chi connectivity index (χ1n) is 7.68. The minimum atomic E-state index is 0.429. The van der Waals surface area contributed by atoms with E-state index in [9.17, 15) is 0 Å². The lowest BCUT2D eigenvalue weighted by molar-refractivity contribution is 0.0289. The number of rotatable bonds is 7. The van der Waals surface area contributed by atoms with Crippen molar-refractivity contribution in [3.63, 3.8) is 0 Å². The van der Waals surface area contributed by atoms with Gasteiger partial charge in [0.15, 0.2) is 0 Å². The molecule has 0 bridgehead atoms. The van der Waals surface area contributed by atoms with Gasteiger partial charge in [0.2, 0.25) is 0 Å². The van der Waals surface area contributed by atoms with Crippen molar-refractivity contribution < 1.29 is 0 Å². The van der Waals surface area contributed by atoms with Gasteiger partial charge in [-0.1, -0.05) is 12.1 Å². The fraction of sp³-hybridized carbons (Fsp3) is 0.647. The lowest BCUT2D eigenvalue weighted by Gasteiger charge is -2.49. The minimum Gasteiger partial charge on any atom is -0.384 e. The summed E-state index contributed by atoms with van der Waals surface area (Å²) in [4.78, 5) is 4.88. The number of likely N-dealkylation sites (N-methyl/N-ethyl adjacent to an activating group) is 2. The fourth-order valence-electron chi connectivity index (χ4n) is 3.06. The number of anilines is 1. The highest BCUT2D eigenvalue weighted by molar-refractivity contribution is 5.45. The zero-order valence-corrected chi connectivity index (χ0v) is 13.4. The van der Waals surface area contributed by atoms with Gasteiger partial charge in [0.25, 0.3) is 0 Å². The lowest BCUT2D eigenvalue weighted by atomic mass is 9.75. The van der Waals surface area contributed by atoms with Crippen LogP contribution < -0.4 is 5.32 Å². The predicted octanol–water partition coefficient (Wildman–Crippen LogP) is 2.82. The molecule has 1 aliphatic carbocycles. The molecule has 0 aliphatic heterocycles. The first-order valence-corrected chi connectivity index (χ1v) is 7.68. The third kappa shape index (κ3) is 3.74. The van der Waals surface area contributed by atoms with E-state index >= 15 is 0 Å². The molecule has 0 amide bonds. The molecule has 1 aliphatic rings. The molecule has 0 aromatic heterocycles. The van der Waals surface area contributed by atoms with Gasteiger partial charge in [-0.2, -0.15) is 0 Å². The van der Waals surface area contributed by atoms with E-state index in [4.69, 9.17) is 0 Å². The van der Waals surface area contributed by atoms with Crippen LogP contribution >= 0.6 is 0 Å². The third-order valence-corrected chi connectivity index (χ3v) is 4.64. The Balaban J connectivity index is 1.74. The van der Waals surface area contributed by atoms with Crippen molar-refractivity contribution in [1.82, 2.24) is 9.80 Å². The van der Waals surface area contributed by atoms with E-state index in [2.05, 4.69) is 67.4 Å². The van der Waals surface area contributed by atoms with Crippen LogP contribution in [0.4, 0.5) is 5.69 Å². The van der Waals surface area contributed by atoms with Gasteiger partial charge >= 0.3 is 0 Å². The molecular formula is C17H29N3.